The number of β-amino-alcohol motifs (C(OH)–C–C–N with tert-alkyl or cyclic N) is 1. The smallest absolute Gasteiger partial charge is 0.410 e. The van der Waals surface area contributed by atoms with Crippen LogP contribution in [-0.2, 0) is 23.4 Å². The molecular weight excluding hydrogens is 406 g/mol. The number of methoxy groups -OCH3 is 1. The molecule has 0 atom stereocenters. The number of carbonyl (C=O) groups is 1. The zero-order valence-corrected chi connectivity index (χ0v) is 20.0. The first-order valence-corrected chi connectivity index (χ1v) is 11.1. The molecule has 0 spiro atoms. The van der Waals surface area contributed by atoms with Crippen molar-refractivity contribution in [3.8, 4) is 11.5 Å². The van der Waals surface area contributed by atoms with E-state index in [0.717, 1.165) is 17.5 Å². The predicted octanol–water partition coefficient (Wildman–Crippen LogP) is 4.91. The van der Waals surface area contributed by atoms with Gasteiger partial charge in [0.25, 0.3) is 0 Å². The van der Waals surface area contributed by atoms with Gasteiger partial charge in [-0.25, -0.2) is 4.79 Å². The molecule has 1 N–H and O–H groups in total. The molecule has 2 aromatic carbocycles. The highest BCUT2D eigenvalue weighted by Crippen LogP contribution is 2.42. The van der Waals surface area contributed by atoms with E-state index in [-0.39, 0.29) is 13.1 Å². The van der Waals surface area contributed by atoms with Crippen LogP contribution in [0.1, 0.15) is 51.3 Å². The Morgan fingerprint density at radius 3 is 2.34 bits per heavy atom. The van der Waals surface area contributed by atoms with Crippen LogP contribution in [0.15, 0.2) is 42.5 Å². The number of likely N-dealkylation sites (tertiary alicyclic amines) is 1. The van der Waals surface area contributed by atoms with Gasteiger partial charge in [-0.15, -0.1) is 0 Å². The Morgan fingerprint density at radius 1 is 1.12 bits per heavy atom. The Labute approximate surface area is 191 Å². The van der Waals surface area contributed by atoms with Gasteiger partial charge in [-0.05, 0) is 56.4 Å². The molecular formula is C26H35NO5. The third-order valence-corrected chi connectivity index (χ3v) is 5.31. The lowest BCUT2D eigenvalue weighted by molar-refractivity contribution is -0.104. The highest BCUT2D eigenvalue weighted by atomic mass is 16.6. The van der Waals surface area contributed by atoms with Gasteiger partial charge >= 0.3 is 6.09 Å². The Bertz CT molecular complexity index is 927. The van der Waals surface area contributed by atoms with Gasteiger partial charge < -0.3 is 24.2 Å². The normalized spacial score (nSPS) is 15.3. The fourth-order valence-corrected chi connectivity index (χ4v) is 3.82. The highest BCUT2D eigenvalue weighted by Gasteiger charge is 2.48. The van der Waals surface area contributed by atoms with Crippen LogP contribution in [0.25, 0.3) is 0 Å². The first kappa shape index (κ1) is 23.9. The first-order valence-electron chi connectivity index (χ1n) is 11.1. The molecule has 1 amide bonds. The van der Waals surface area contributed by atoms with E-state index in [1.807, 2.05) is 63.2 Å². The molecule has 174 valence electrons. The molecule has 0 aliphatic carbocycles. The van der Waals surface area contributed by atoms with Gasteiger partial charge in [-0.2, -0.15) is 0 Å². The monoisotopic (exact) mass is 441 g/mol. The topological polar surface area (TPSA) is 68.2 Å². The number of hydrogen-bond acceptors (Lipinski definition) is 5. The predicted molar refractivity (Wildman–Crippen MR) is 124 cm³/mol. The minimum absolute atomic E-state index is 0.135. The van der Waals surface area contributed by atoms with E-state index < -0.39 is 17.3 Å². The van der Waals surface area contributed by atoms with Crippen LogP contribution < -0.4 is 9.47 Å². The van der Waals surface area contributed by atoms with Crippen LogP contribution in [0.2, 0.25) is 0 Å². The number of aliphatic hydroxyl groups is 1. The molecule has 2 aromatic rings. The van der Waals surface area contributed by atoms with E-state index in [1.165, 1.54) is 4.90 Å². The second-order valence-electron chi connectivity index (χ2n) is 9.90. The van der Waals surface area contributed by atoms with E-state index in [2.05, 4.69) is 13.8 Å². The molecule has 1 heterocycles. The molecule has 3 rings (SSSR count). The van der Waals surface area contributed by atoms with Crippen molar-refractivity contribution in [1.82, 2.24) is 4.90 Å². The molecule has 1 fully saturated rings. The standard InChI is InChI=1S/C26H35NO5/c1-18(2)12-20-13-23(31-15-19-10-8-7-9-11-19)21(14-22(20)30-6)26(29)16-27(17-26)24(28)32-25(3,4)5/h7-11,13-14,18,29H,12,15-17H2,1-6H3. The average Bonchev–Trinajstić information content (AvgIpc) is 2.69. The lowest BCUT2D eigenvalue weighted by atomic mass is 9.84. The number of ether oxygens (including phenoxy) is 3. The molecule has 1 aliphatic rings. The molecule has 6 nitrogen and oxygen atoms in total. The summed E-state index contributed by atoms with van der Waals surface area (Å²) in [4.78, 5) is 13.9. The second-order valence-corrected chi connectivity index (χ2v) is 9.90. The van der Waals surface area contributed by atoms with E-state index >= 15 is 0 Å². The van der Waals surface area contributed by atoms with E-state index in [0.29, 0.717) is 29.6 Å². The Morgan fingerprint density at radius 2 is 1.78 bits per heavy atom. The second kappa shape index (κ2) is 9.41. The van der Waals surface area contributed by atoms with Crippen LogP contribution in [0.4, 0.5) is 4.79 Å². The van der Waals surface area contributed by atoms with Crippen LogP contribution in [0, 0.1) is 5.92 Å². The maximum absolute atomic E-state index is 12.4. The SMILES string of the molecule is COc1cc(C2(O)CN(C(=O)OC(C)(C)C)C2)c(OCc2ccccc2)cc1CC(C)C. The number of rotatable bonds is 7. The largest absolute Gasteiger partial charge is 0.496 e. The highest BCUT2D eigenvalue weighted by molar-refractivity contribution is 5.70. The van der Waals surface area contributed by atoms with Gasteiger partial charge in [-0.1, -0.05) is 44.2 Å². The van der Waals surface area contributed by atoms with E-state index in [1.54, 1.807) is 7.11 Å². The maximum atomic E-state index is 12.4. The Kier molecular flexibility index (Phi) is 7.03. The summed E-state index contributed by atoms with van der Waals surface area (Å²) in [6.45, 7) is 10.4. The summed E-state index contributed by atoms with van der Waals surface area (Å²) < 4.78 is 17.3. The number of amides is 1. The van der Waals surface area contributed by atoms with Crippen molar-refractivity contribution in [1.29, 1.82) is 0 Å². The minimum Gasteiger partial charge on any atom is -0.496 e. The summed E-state index contributed by atoms with van der Waals surface area (Å²) in [7, 11) is 1.63. The molecule has 6 heteroatoms. The quantitative estimate of drug-likeness (QED) is 0.661. The van der Waals surface area contributed by atoms with Gasteiger partial charge in [0.15, 0.2) is 0 Å². The summed E-state index contributed by atoms with van der Waals surface area (Å²) in [5, 5.41) is 11.4. The molecule has 0 radical (unpaired) electrons. The number of nitrogens with zero attached hydrogens (tertiary/aromatic N) is 1. The van der Waals surface area contributed by atoms with E-state index in [9.17, 15) is 9.90 Å². The van der Waals surface area contributed by atoms with Gasteiger partial charge in [-0.3, -0.25) is 0 Å². The summed E-state index contributed by atoms with van der Waals surface area (Å²) in [6, 6.07) is 13.7. The van der Waals surface area contributed by atoms with Crippen molar-refractivity contribution in [3.05, 3.63) is 59.2 Å². The first-order chi connectivity index (χ1) is 15.0. The van der Waals surface area contributed by atoms with Gasteiger partial charge in [0, 0.05) is 5.56 Å². The molecule has 0 saturated carbocycles. The fraction of sp³-hybridized carbons (Fsp3) is 0.500. The van der Waals surface area contributed by atoms with Crippen LogP contribution in [0.3, 0.4) is 0 Å². The zero-order chi connectivity index (χ0) is 23.5. The van der Waals surface area contributed by atoms with Crippen LogP contribution >= 0.6 is 0 Å². The van der Waals surface area contributed by atoms with Crippen LogP contribution in [-0.4, -0.2) is 41.9 Å². The number of benzene rings is 2. The van der Waals surface area contributed by atoms with Crippen molar-refractivity contribution in [2.75, 3.05) is 20.2 Å². The average molecular weight is 442 g/mol. The summed E-state index contributed by atoms with van der Waals surface area (Å²) in [5.41, 5.74) is 0.873. The third-order valence-electron chi connectivity index (χ3n) is 5.31. The fourth-order valence-electron chi connectivity index (χ4n) is 3.82. The van der Waals surface area contributed by atoms with Crippen molar-refractivity contribution >= 4 is 6.09 Å². The van der Waals surface area contributed by atoms with Gasteiger partial charge in [0.05, 0.1) is 20.2 Å². The Balaban J connectivity index is 1.88. The molecule has 1 aliphatic heterocycles. The lowest BCUT2D eigenvalue weighted by Gasteiger charge is -2.47. The minimum atomic E-state index is -1.23. The molecule has 32 heavy (non-hydrogen) atoms. The lowest BCUT2D eigenvalue weighted by Crippen LogP contribution is -2.62. The summed E-state index contributed by atoms with van der Waals surface area (Å²) in [5.74, 6) is 1.76. The summed E-state index contributed by atoms with van der Waals surface area (Å²) >= 11 is 0. The van der Waals surface area contributed by atoms with Crippen LogP contribution in [0.5, 0.6) is 11.5 Å². The number of carbonyl (C=O) groups excluding carboxylic acids is 1. The van der Waals surface area contributed by atoms with Crippen molar-refractivity contribution in [3.63, 3.8) is 0 Å². The number of hydrogen-bond donors (Lipinski definition) is 1. The van der Waals surface area contributed by atoms with Gasteiger partial charge in [0.2, 0.25) is 0 Å². The van der Waals surface area contributed by atoms with Crippen molar-refractivity contribution < 1.29 is 24.1 Å². The van der Waals surface area contributed by atoms with Crippen molar-refractivity contribution in [2.24, 2.45) is 5.92 Å². The maximum Gasteiger partial charge on any atom is 0.410 e. The molecule has 0 aromatic heterocycles. The van der Waals surface area contributed by atoms with Gasteiger partial charge in [0.1, 0.15) is 29.3 Å². The molecule has 1 saturated heterocycles. The van der Waals surface area contributed by atoms with E-state index in [4.69, 9.17) is 14.2 Å². The molecule has 0 bridgehead atoms. The zero-order valence-electron chi connectivity index (χ0n) is 20.0. The third kappa shape index (κ3) is 5.74. The summed E-state index contributed by atoms with van der Waals surface area (Å²) in [6.07, 6.45) is 0.394. The molecule has 0 unspecified atom stereocenters. The van der Waals surface area contributed by atoms with Crippen molar-refractivity contribution in [2.45, 2.75) is 58.8 Å². The Hall–Kier alpha value is -2.73.